The number of nitrogens with one attached hydrogen (secondary N) is 2. The molecule has 0 aliphatic heterocycles. The zero-order valence-corrected chi connectivity index (χ0v) is 15.9. The van der Waals surface area contributed by atoms with E-state index in [4.69, 9.17) is 4.74 Å². The van der Waals surface area contributed by atoms with Crippen LogP contribution in [0.1, 0.15) is 32.9 Å². The number of anilines is 2. The average Bonchev–Trinajstić information content (AvgIpc) is 3.28. The molecule has 2 heterocycles. The lowest BCUT2D eigenvalue weighted by Gasteiger charge is -2.10. The fourth-order valence-corrected chi connectivity index (χ4v) is 4.59. The second kappa shape index (κ2) is 7.80. The highest BCUT2D eigenvalue weighted by Gasteiger charge is 2.26. The molecular weight excluding hydrogens is 358 g/mol. The summed E-state index contributed by atoms with van der Waals surface area (Å²) in [6, 6.07) is 13.2. The number of hydrogen-bond donors (Lipinski definition) is 2. The van der Waals surface area contributed by atoms with Crippen LogP contribution >= 0.6 is 11.3 Å². The van der Waals surface area contributed by atoms with E-state index in [1.807, 2.05) is 42.5 Å². The smallest absolute Gasteiger partial charge is 0.258 e. The molecule has 4 rings (SSSR count). The van der Waals surface area contributed by atoms with Gasteiger partial charge in [-0.3, -0.25) is 9.78 Å². The number of benzene rings is 1. The van der Waals surface area contributed by atoms with E-state index in [9.17, 15) is 4.79 Å². The number of pyridine rings is 1. The van der Waals surface area contributed by atoms with E-state index in [0.29, 0.717) is 6.54 Å². The van der Waals surface area contributed by atoms with Crippen molar-refractivity contribution in [2.24, 2.45) is 0 Å². The van der Waals surface area contributed by atoms with Crippen molar-refractivity contribution in [3.63, 3.8) is 0 Å². The predicted molar refractivity (Wildman–Crippen MR) is 109 cm³/mol. The summed E-state index contributed by atoms with van der Waals surface area (Å²) < 4.78 is 5.17. The van der Waals surface area contributed by atoms with Crippen LogP contribution in [-0.2, 0) is 19.4 Å². The van der Waals surface area contributed by atoms with E-state index in [1.165, 1.54) is 10.4 Å². The van der Waals surface area contributed by atoms with Crippen LogP contribution in [0.5, 0.6) is 5.75 Å². The lowest BCUT2D eigenvalue weighted by Crippen LogP contribution is -2.15. The fraction of sp³-hybridized carbons (Fsp3) is 0.238. The van der Waals surface area contributed by atoms with Gasteiger partial charge in [-0.1, -0.05) is 6.07 Å². The Hall–Kier alpha value is -2.86. The largest absolute Gasteiger partial charge is 0.497 e. The van der Waals surface area contributed by atoms with Crippen molar-refractivity contribution in [3.05, 3.63) is 70.4 Å². The van der Waals surface area contributed by atoms with Gasteiger partial charge in [-0.2, -0.15) is 0 Å². The lowest BCUT2D eigenvalue weighted by molar-refractivity contribution is 0.102. The first-order valence-electron chi connectivity index (χ1n) is 8.98. The van der Waals surface area contributed by atoms with Crippen LogP contribution in [0.3, 0.4) is 0 Å². The van der Waals surface area contributed by atoms with Crippen LogP contribution in [0.4, 0.5) is 10.7 Å². The van der Waals surface area contributed by atoms with Gasteiger partial charge in [-0.05, 0) is 61.2 Å². The van der Waals surface area contributed by atoms with Gasteiger partial charge in [-0.25, -0.2) is 0 Å². The van der Waals surface area contributed by atoms with Gasteiger partial charge in [-0.15, -0.1) is 11.3 Å². The van der Waals surface area contributed by atoms with Gasteiger partial charge in [0.25, 0.3) is 5.91 Å². The number of fused-ring (bicyclic) bond motifs is 1. The van der Waals surface area contributed by atoms with Gasteiger partial charge < -0.3 is 15.4 Å². The molecule has 138 valence electrons. The Bertz CT molecular complexity index is 936. The highest BCUT2D eigenvalue weighted by Crippen LogP contribution is 2.39. The van der Waals surface area contributed by atoms with Gasteiger partial charge >= 0.3 is 0 Å². The summed E-state index contributed by atoms with van der Waals surface area (Å²) in [5, 5.41) is 7.37. The Morgan fingerprint density at radius 1 is 1.19 bits per heavy atom. The summed E-state index contributed by atoms with van der Waals surface area (Å²) >= 11 is 1.69. The molecule has 1 aliphatic carbocycles. The van der Waals surface area contributed by atoms with Crippen LogP contribution in [0.25, 0.3) is 0 Å². The Morgan fingerprint density at radius 2 is 2.04 bits per heavy atom. The quantitative estimate of drug-likeness (QED) is 0.662. The molecule has 3 aromatic rings. The molecule has 1 aromatic carbocycles. The lowest BCUT2D eigenvalue weighted by atomic mass is 10.1. The van der Waals surface area contributed by atoms with Gasteiger partial charge in [0.1, 0.15) is 10.8 Å². The molecule has 27 heavy (non-hydrogen) atoms. The fourth-order valence-electron chi connectivity index (χ4n) is 3.31. The highest BCUT2D eigenvalue weighted by molar-refractivity contribution is 7.16. The topological polar surface area (TPSA) is 63.2 Å². The maximum absolute atomic E-state index is 13.0. The number of carbonyl (C=O) groups excluding carboxylic acids is 1. The molecule has 1 amide bonds. The molecule has 0 spiro atoms. The van der Waals surface area contributed by atoms with E-state index in [0.717, 1.165) is 47.0 Å². The number of amides is 1. The molecule has 0 unspecified atom stereocenters. The molecule has 0 saturated carbocycles. The van der Waals surface area contributed by atoms with Gasteiger partial charge in [0.2, 0.25) is 0 Å². The second-order valence-corrected chi connectivity index (χ2v) is 7.52. The van der Waals surface area contributed by atoms with Crippen molar-refractivity contribution in [1.29, 1.82) is 0 Å². The van der Waals surface area contributed by atoms with E-state index in [-0.39, 0.29) is 5.91 Å². The molecule has 5 nitrogen and oxygen atoms in total. The minimum absolute atomic E-state index is 0.0666. The number of ether oxygens (including phenoxy) is 1. The monoisotopic (exact) mass is 379 g/mol. The molecular formula is C21H21N3O2S. The molecule has 2 N–H and O–H groups in total. The molecule has 0 bridgehead atoms. The third kappa shape index (κ3) is 3.80. The van der Waals surface area contributed by atoms with Crippen molar-refractivity contribution < 1.29 is 9.53 Å². The van der Waals surface area contributed by atoms with Crippen LogP contribution in [-0.4, -0.2) is 18.0 Å². The van der Waals surface area contributed by atoms with E-state index in [1.54, 1.807) is 24.6 Å². The summed E-state index contributed by atoms with van der Waals surface area (Å²) in [6.07, 6.45) is 4.91. The molecule has 0 fully saturated rings. The average molecular weight is 379 g/mol. The first-order chi connectivity index (χ1) is 13.2. The number of rotatable bonds is 6. The third-order valence-electron chi connectivity index (χ3n) is 4.65. The summed E-state index contributed by atoms with van der Waals surface area (Å²) in [7, 11) is 1.63. The third-order valence-corrected chi connectivity index (χ3v) is 5.90. The molecule has 6 heteroatoms. The van der Waals surface area contributed by atoms with Crippen LogP contribution in [0.2, 0.25) is 0 Å². The summed E-state index contributed by atoms with van der Waals surface area (Å²) in [4.78, 5) is 18.7. The predicted octanol–water partition coefficient (Wildman–Crippen LogP) is 4.50. The van der Waals surface area contributed by atoms with Gasteiger partial charge in [0.15, 0.2) is 0 Å². The summed E-state index contributed by atoms with van der Waals surface area (Å²) in [5.41, 5.74) is 3.68. The molecule has 2 aromatic heterocycles. The van der Waals surface area contributed by atoms with E-state index < -0.39 is 0 Å². The normalized spacial score (nSPS) is 12.5. The summed E-state index contributed by atoms with van der Waals surface area (Å²) in [6.45, 7) is 0.600. The standard InChI is InChI=1S/C21H21N3O2S/c1-26-16-10-8-14(9-11-16)24-20(25)19-17-6-4-7-18(17)27-21(19)23-13-15-5-2-3-12-22-15/h2-3,5,8-12,23H,4,6-7,13H2,1H3,(H,24,25). The van der Waals surface area contributed by atoms with Crippen LogP contribution in [0, 0.1) is 0 Å². The van der Waals surface area contributed by atoms with E-state index in [2.05, 4.69) is 15.6 Å². The molecule has 1 aliphatic rings. The number of nitrogens with zero attached hydrogens (tertiary/aromatic N) is 1. The van der Waals surface area contributed by atoms with E-state index >= 15 is 0 Å². The number of hydrogen-bond acceptors (Lipinski definition) is 5. The van der Waals surface area contributed by atoms with Gasteiger partial charge in [0.05, 0.1) is 24.9 Å². The maximum atomic E-state index is 13.0. The first kappa shape index (κ1) is 17.5. The molecule has 0 radical (unpaired) electrons. The minimum atomic E-state index is -0.0666. The second-order valence-electron chi connectivity index (χ2n) is 6.42. The zero-order chi connectivity index (χ0) is 18.6. The Labute approximate surface area is 162 Å². The summed E-state index contributed by atoms with van der Waals surface area (Å²) in [5.74, 6) is 0.699. The molecule has 0 saturated heterocycles. The number of aryl methyl sites for hydroxylation is 1. The minimum Gasteiger partial charge on any atom is -0.497 e. The SMILES string of the molecule is COc1ccc(NC(=O)c2c(NCc3ccccn3)sc3c2CCC3)cc1. The van der Waals surface area contributed by atoms with Gasteiger partial charge in [0, 0.05) is 16.8 Å². The number of carbonyl (C=O) groups is 1. The van der Waals surface area contributed by atoms with Crippen LogP contribution in [0.15, 0.2) is 48.7 Å². The highest BCUT2D eigenvalue weighted by atomic mass is 32.1. The number of thiophene rings is 1. The Balaban J connectivity index is 1.55. The number of aromatic nitrogens is 1. The van der Waals surface area contributed by atoms with Crippen molar-refractivity contribution in [3.8, 4) is 5.75 Å². The first-order valence-corrected chi connectivity index (χ1v) is 9.80. The van der Waals surface area contributed by atoms with Crippen molar-refractivity contribution in [2.75, 3.05) is 17.7 Å². The maximum Gasteiger partial charge on any atom is 0.258 e. The van der Waals surface area contributed by atoms with Crippen molar-refractivity contribution >= 4 is 27.9 Å². The zero-order valence-electron chi connectivity index (χ0n) is 15.1. The molecule has 0 atom stereocenters. The number of methoxy groups -OCH3 is 1. The Kier molecular flexibility index (Phi) is 5.07. The van der Waals surface area contributed by atoms with Crippen LogP contribution < -0.4 is 15.4 Å². The Morgan fingerprint density at radius 3 is 2.78 bits per heavy atom. The van der Waals surface area contributed by atoms with Crippen molar-refractivity contribution in [2.45, 2.75) is 25.8 Å². The van der Waals surface area contributed by atoms with Crippen molar-refractivity contribution in [1.82, 2.24) is 4.98 Å².